The Balaban J connectivity index is 1.91. The molecule has 2 aromatic carbocycles. The number of carbonyl (C=O) groups is 4. The van der Waals surface area contributed by atoms with Gasteiger partial charge in [-0.2, -0.15) is 0 Å². The van der Waals surface area contributed by atoms with Crippen molar-refractivity contribution in [2.24, 2.45) is 0 Å². The topological polar surface area (TPSA) is 105 Å². The van der Waals surface area contributed by atoms with Crippen LogP contribution >= 0.6 is 0 Å². The highest BCUT2D eigenvalue weighted by Crippen LogP contribution is 2.18. The molecule has 0 aliphatic heterocycles. The number of hydrogen-bond acceptors (Lipinski definition) is 8. The first-order chi connectivity index (χ1) is 18.0. The van der Waals surface area contributed by atoms with Crippen LogP contribution in [0.25, 0.3) is 12.2 Å². The predicted octanol–water partition coefficient (Wildman–Crippen LogP) is 4.99. The highest BCUT2D eigenvalue weighted by molar-refractivity contribution is 6.20. The zero-order valence-corrected chi connectivity index (χ0v) is 22.6. The average Bonchev–Trinajstić information content (AvgIpc) is 2.83. The number of rotatable bonds is 13. The molecular weight excluding hydrogens is 488 g/mol. The fourth-order valence-electron chi connectivity index (χ4n) is 3.14. The Hall–Kier alpha value is -4.20. The minimum atomic E-state index is -0.651. The minimum absolute atomic E-state index is 0.0183. The molecule has 0 aromatic heterocycles. The normalized spacial score (nSPS) is 11.8. The fraction of sp³-hybridized carbons (Fsp3) is 0.333. The van der Waals surface area contributed by atoms with Crippen LogP contribution in [0.15, 0.2) is 59.7 Å². The van der Waals surface area contributed by atoms with Crippen LogP contribution in [0.4, 0.5) is 0 Å². The molecule has 0 fully saturated rings. The van der Waals surface area contributed by atoms with Crippen LogP contribution in [0.1, 0.15) is 52.7 Å². The van der Waals surface area contributed by atoms with Gasteiger partial charge >= 0.3 is 11.9 Å². The maximum absolute atomic E-state index is 12.1. The van der Waals surface area contributed by atoms with Gasteiger partial charge in [0, 0.05) is 0 Å². The first-order valence-electron chi connectivity index (χ1n) is 12.3. The molecule has 202 valence electrons. The van der Waals surface area contributed by atoms with Gasteiger partial charge in [0.25, 0.3) is 0 Å². The van der Waals surface area contributed by atoms with Crippen LogP contribution in [0.3, 0.4) is 0 Å². The van der Waals surface area contributed by atoms with Crippen molar-refractivity contribution in [3.63, 3.8) is 0 Å². The Morgan fingerprint density at radius 3 is 1.18 bits per heavy atom. The third-order valence-corrected chi connectivity index (χ3v) is 4.89. The monoisotopic (exact) mass is 522 g/mol. The standard InChI is InChI=1S/C30H34O8/c1-19(2)37-29(33)27(21(5)31)17-23-7-11-25(12-8-23)35-15-16-36-26-13-9-24(10-14-26)18-28(22(6)32)30(34)38-20(3)4/h7-14,17-20H,15-16H2,1-6H3/b27-17-,28-18-. The molecule has 0 unspecified atom stereocenters. The van der Waals surface area contributed by atoms with Crippen molar-refractivity contribution in [1.82, 2.24) is 0 Å². The smallest absolute Gasteiger partial charge is 0.342 e. The Bertz CT molecular complexity index is 1090. The summed E-state index contributed by atoms with van der Waals surface area (Å²) in [6.07, 6.45) is 2.34. The van der Waals surface area contributed by atoms with E-state index >= 15 is 0 Å². The number of esters is 2. The van der Waals surface area contributed by atoms with Crippen molar-refractivity contribution >= 4 is 35.7 Å². The third kappa shape index (κ3) is 10.0. The van der Waals surface area contributed by atoms with Crippen LogP contribution in [0.2, 0.25) is 0 Å². The zero-order chi connectivity index (χ0) is 28.2. The van der Waals surface area contributed by atoms with E-state index < -0.39 is 11.9 Å². The minimum Gasteiger partial charge on any atom is -0.490 e. The van der Waals surface area contributed by atoms with E-state index in [1.165, 1.54) is 26.0 Å². The van der Waals surface area contributed by atoms with Crippen molar-refractivity contribution in [3.8, 4) is 11.5 Å². The summed E-state index contributed by atoms with van der Waals surface area (Å²) in [7, 11) is 0. The van der Waals surface area contributed by atoms with Crippen molar-refractivity contribution < 1.29 is 38.1 Å². The molecule has 0 saturated heterocycles. The zero-order valence-electron chi connectivity index (χ0n) is 22.6. The summed E-state index contributed by atoms with van der Waals surface area (Å²) in [6.45, 7) is 10.1. The maximum Gasteiger partial charge on any atom is 0.342 e. The first-order valence-corrected chi connectivity index (χ1v) is 12.3. The Labute approximate surface area is 223 Å². The van der Waals surface area contributed by atoms with E-state index in [4.69, 9.17) is 18.9 Å². The lowest BCUT2D eigenvalue weighted by atomic mass is 10.1. The van der Waals surface area contributed by atoms with Gasteiger partial charge in [0.05, 0.1) is 12.2 Å². The van der Waals surface area contributed by atoms with Gasteiger partial charge in [-0.3, -0.25) is 9.59 Å². The van der Waals surface area contributed by atoms with E-state index in [0.717, 1.165) is 0 Å². The van der Waals surface area contributed by atoms with Crippen molar-refractivity contribution in [2.45, 2.75) is 53.8 Å². The number of ether oxygens (including phenoxy) is 4. The molecule has 0 aliphatic carbocycles. The van der Waals surface area contributed by atoms with Crippen molar-refractivity contribution in [1.29, 1.82) is 0 Å². The van der Waals surface area contributed by atoms with E-state index in [-0.39, 0.29) is 48.1 Å². The summed E-state index contributed by atoms with van der Waals surface area (Å²) in [5, 5.41) is 0. The molecule has 0 amide bonds. The molecule has 0 N–H and O–H groups in total. The van der Waals surface area contributed by atoms with Gasteiger partial charge in [0.2, 0.25) is 0 Å². The highest BCUT2D eigenvalue weighted by Gasteiger charge is 2.18. The molecule has 0 atom stereocenters. The van der Waals surface area contributed by atoms with E-state index in [1.54, 1.807) is 76.2 Å². The molecule has 0 radical (unpaired) electrons. The summed E-state index contributed by atoms with van der Waals surface area (Å²) in [5.74, 6) is -0.838. The number of carbonyl (C=O) groups excluding carboxylic acids is 4. The lowest BCUT2D eigenvalue weighted by Crippen LogP contribution is -2.17. The van der Waals surface area contributed by atoms with Crippen LogP contribution in [0.5, 0.6) is 11.5 Å². The quantitative estimate of drug-likeness (QED) is 0.119. The number of hydrogen-bond donors (Lipinski definition) is 0. The molecule has 0 heterocycles. The SMILES string of the molecule is CC(=O)/C(=C/c1ccc(OCCOc2ccc(/C=C(/C(C)=O)C(=O)OC(C)C)cc2)cc1)C(=O)OC(C)C. The second kappa shape index (κ2) is 14.5. The lowest BCUT2D eigenvalue weighted by Gasteiger charge is -2.10. The Kier molecular flexibility index (Phi) is 11.5. The van der Waals surface area contributed by atoms with Gasteiger partial charge in [-0.15, -0.1) is 0 Å². The summed E-state index contributed by atoms with van der Waals surface area (Å²) in [6, 6.07) is 13.9. The van der Waals surface area contributed by atoms with Crippen molar-refractivity contribution in [3.05, 3.63) is 70.8 Å². The molecule has 8 heteroatoms. The molecule has 38 heavy (non-hydrogen) atoms. The molecule has 8 nitrogen and oxygen atoms in total. The van der Waals surface area contributed by atoms with Gasteiger partial charge in [-0.1, -0.05) is 24.3 Å². The molecule has 0 bridgehead atoms. The predicted molar refractivity (Wildman–Crippen MR) is 144 cm³/mol. The first kappa shape index (κ1) is 30.0. The van der Waals surface area contributed by atoms with Gasteiger partial charge in [0.15, 0.2) is 11.6 Å². The Morgan fingerprint density at radius 1 is 0.605 bits per heavy atom. The van der Waals surface area contributed by atoms with E-state index in [0.29, 0.717) is 22.6 Å². The average molecular weight is 523 g/mol. The number of ketones is 2. The van der Waals surface area contributed by atoms with E-state index in [1.807, 2.05) is 0 Å². The lowest BCUT2D eigenvalue weighted by molar-refractivity contribution is -0.145. The highest BCUT2D eigenvalue weighted by atomic mass is 16.5. The molecule has 2 aromatic rings. The molecule has 0 saturated carbocycles. The van der Waals surface area contributed by atoms with Gasteiger partial charge in [0.1, 0.15) is 35.9 Å². The van der Waals surface area contributed by atoms with Gasteiger partial charge in [-0.05, 0) is 89.1 Å². The number of Topliss-reactive ketones (excluding diaryl/α,β-unsaturated/α-hetero) is 2. The number of benzene rings is 2. The maximum atomic E-state index is 12.1. The fourth-order valence-corrected chi connectivity index (χ4v) is 3.14. The van der Waals surface area contributed by atoms with Crippen LogP contribution < -0.4 is 9.47 Å². The largest absolute Gasteiger partial charge is 0.490 e. The summed E-state index contributed by atoms with van der Waals surface area (Å²) >= 11 is 0. The molecular formula is C30H34O8. The van der Waals surface area contributed by atoms with Crippen molar-refractivity contribution in [2.75, 3.05) is 13.2 Å². The third-order valence-electron chi connectivity index (χ3n) is 4.89. The molecule has 2 rings (SSSR count). The summed E-state index contributed by atoms with van der Waals surface area (Å²) in [4.78, 5) is 47.9. The molecule has 0 spiro atoms. The Morgan fingerprint density at radius 2 is 0.921 bits per heavy atom. The van der Waals surface area contributed by atoms with Crippen LogP contribution in [-0.4, -0.2) is 48.9 Å². The molecule has 0 aliphatic rings. The van der Waals surface area contributed by atoms with E-state index in [9.17, 15) is 19.2 Å². The summed E-state index contributed by atoms with van der Waals surface area (Å²) < 4.78 is 21.6. The van der Waals surface area contributed by atoms with Crippen LogP contribution in [-0.2, 0) is 28.7 Å². The van der Waals surface area contributed by atoms with Crippen LogP contribution in [0, 0.1) is 0 Å². The van der Waals surface area contributed by atoms with Gasteiger partial charge < -0.3 is 18.9 Å². The second-order valence-corrected chi connectivity index (χ2v) is 8.97. The summed E-state index contributed by atoms with van der Waals surface area (Å²) in [5.41, 5.74) is 1.30. The van der Waals surface area contributed by atoms with Gasteiger partial charge in [-0.25, -0.2) is 9.59 Å². The van der Waals surface area contributed by atoms with E-state index in [2.05, 4.69) is 0 Å². The second-order valence-electron chi connectivity index (χ2n) is 8.97.